The number of amides is 2. The lowest BCUT2D eigenvalue weighted by Gasteiger charge is -2.53. The molecule has 2 heterocycles. The van der Waals surface area contributed by atoms with Crippen molar-refractivity contribution >= 4 is 12.0 Å². The van der Waals surface area contributed by atoms with Gasteiger partial charge in [0.15, 0.2) is 0 Å². The number of rotatable bonds is 2. The van der Waals surface area contributed by atoms with Crippen molar-refractivity contribution in [2.75, 3.05) is 26.2 Å². The van der Waals surface area contributed by atoms with Crippen LogP contribution in [0, 0.1) is 0 Å². The Bertz CT molecular complexity index is 868. The number of hydrogen-bond acceptors (Lipinski definition) is 4. The topological polar surface area (TPSA) is 59.1 Å². The summed E-state index contributed by atoms with van der Waals surface area (Å²) in [6.07, 6.45) is -0.366. The van der Waals surface area contributed by atoms with Gasteiger partial charge in [-0.2, -0.15) is 0 Å². The number of carbonyl (C=O) groups is 2. The van der Waals surface area contributed by atoms with Crippen LogP contribution in [-0.2, 0) is 19.9 Å². The molecule has 2 fully saturated rings. The summed E-state index contributed by atoms with van der Waals surface area (Å²) >= 11 is 0. The number of carbonyl (C=O) groups excluding carboxylic acids is 2. The van der Waals surface area contributed by atoms with Crippen LogP contribution in [0.3, 0.4) is 0 Å². The minimum absolute atomic E-state index is 0.00667. The molecule has 2 aromatic carbocycles. The number of piperazine rings is 1. The summed E-state index contributed by atoms with van der Waals surface area (Å²) in [4.78, 5) is 29.1. The molecule has 2 amide bonds. The van der Waals surface area contributed by atoms with Crippen molar-refractivity contribution < 1.29 is 19.1 Å². The van der Waals surface area contributed by atoms with Crippen LogP contribution in [0.5, 0.6) is 0 Å². The third kappa shape index (κ3) is 3.67. The van der Waals surface area contributed by atoms with Gasteiger partial charge in [-0.25, -0.2) is 4.79 Å². The third-order valence-electron chi connectivity index (χ3n) is 5.65. The second kappa shape index (κ2) is 7.76. The van der Waals surface area contributed by atoms with E-state index in [2.05, 4.69) is 0 Å². The van der Waals surface area contributed by atoms with E-state index in [-0.39, 0.29) is 24.6 Å². The van der Waals surface area contributed by atoms with Crippen LogP contribution in [-0.4, -0.2) is 59.7 Å². The van der Waals surface area contributed by atoms with Gasteiger partial charge >= 0.3 is 6.09 Å². The predicted molar refractivity (Wildman–Crippen MR) is 113 cm³/mol. The Kier molecular flexibility index (Phi) is 5.28. The first-order valence-corrected chi connectivity index (χ1v) is 10.3. The summed E-state index contributed by atoms with van der Waals surface area (Å²) in [7, 11) is 0. The van der Waals surface area contributed by atoms with E-state index in [1.165, 1.54) is 0 Å². The van der Waals surface area contributed by atoms with E-state index in [0.29, 0.717) is 19.6 Å². The van der Waals surface area contributed by atoms with E-state index >= 15 is 0 Å². The fourth-order valence-corrected chi connectivity index (χ4v) is 4.37. The van der Waals surface area contributed by atoms with Crippen molar-refractivity contribution in [3.8, 4) is 0 Å². The molecule has 0 bridgehead atoms. The van der Waals surface area contributed by atoms with Crippen molar-refractivity contribution in [2.24, 2.45) is 0 Å². The molecule has 2 aliphatic heterocycles. The molecule has 0 aromatic heterocycles. The Morgan fingerprint density at radius 1 is 1.00 bits per heavy atom. The molecule has 1 unspecified atom stereocenters. The van der Waals surface area contributed by atoms with Crippen molar-refractivity contribution in [3.63, 3.8) is 0 Å². The van der Waals surface area contributed by atoms with Gasteiger partial charge in [-0.1, -0.05) is 60.7 Å². The molecule has 6 heteroatoms. The highest BCUT2D eigenvalue weighted by Crippen LogP contribution is 2.43. The van der Waals surface area contributed by atoms with Crippen LogP contribution in [0.2, 0.25) is 0 Å². The van der Waals surface area contributed by atoms with Gasteiger partial charge in [-0.15, -0.1) is 0 Å². The highest BCUT2D eigenvalue weighted by atomic mass is 16.6. The van der Waals surface area contributed by atoms with E-state index in [9.17, 15) is 9.59 Å². The Morgan fingerprint density at radius 2 is 1.57 bits per heavy atom. The lowest BCUT2D eigenvalue weighted by molar-refractivity contribution is -0.179. The molecule has 6 nitrogen and oxygen atoms in total. The molecule has 0 spiro atoms. The smallest absolute Gasteiger partial charge is 0.410 e. The van der Waals surface area contributed by atoms with Crippen molar-refractivity contribution in [3.05, 3.63) is 71.8 Å². The highest BCUT2D eigenvalue weighted by Gasteiger charge is 2.53. The molecule has 0 saturated carbocycles. The van der Waals surface area contributed by atoms with Gasteiger partial charge in [-0.05, 0) is 31.9 Å². The first-order chi connectivity index (χ1) is 14.3. The second-order valence-corrected chi connectivity index (χ2v) is 8.79. The van der Waals surface area contributed by atoms with Gasteiger partial charge in [-0.3, -0.25) is 4.79 Å². The normalized spacial score (nSPS) is 21.2. The van der Waals surface area contributed by atoms with Gasteiger partial charge in [0.25, 0.3) is 0 Å². The summed E-state index contributed by atoms with van der Waals surface area (Å²) in [5.41, 5.74) is 0.481. The molecular formula is C24H28N2O4. The number of hydrogen-bond donors (Lipinski definition) is 0. The zero-order valence-electron chi connectivity index (χ0n) is 17.7. The fourth-order valence-electron chi connectivity index (χ4n) is 4.37. The van der Waals surface area contributed by atoms with Gasteiger partial charge in [0.1, 0.15) is 17.8 Å². The lowest BCUT2D eigenvalue weighted by Crippen LogP contribution is -2.68. The summed E-state index contributed by atoms with van der Waals surface area (Å²) < 4.78 is 12.0. The highest BCUT2D eigenvalue weighted by molar-refractivity contribution is 5.80. The van der Waals surface area contributed by atoms with E-state index in [1.54, 1.807) is 4.90 Å². The summed E-state index contributed by atoms with van der Waals surface area (Å²) in [5.74, 6) is -0.0497. The Labute approximate surface area is 177 Å². The molecule has 0 radical (unpaired) electrons. The molecule has 2 aliphatic rings. The van der Waals surface area contributed by atoms with Crippen LogP contribution in [0.1, 0.15) is 31.9 Å². The van der Waals surface area contributed by atoms with Crippen LogP contribution in [0.25, 0.3) is 0 Å². The van der Waals surface area contributed by atoms with Gasteiger partial charge < -0.3 is 19.3 Å². The number of ether oxygens (including phenoxy) is 2. The minimum atomic E-state index is -0.864. The minimum Gasteiger partial charge on any atom is -0.444 e. The maximum Gasteiger partial charge on any atom is 0.410 e. The third-order valence-corrected chi connectivity index (χ3v) is 5.65. The van der Waals surface area contributed by atoms with Crippen LogP contribution in [0.15, 0.2) is 60.7 Å². The van der Waals surface area contributed by atoms with E-state index in [4.69, 9.17) is 9.47 Å². The molecule has 2 saturated heterocycles. The molecule has 0 N–H and O–H groups in total. The molecule has 158 valence electrons. The summed E-state index contributed by atoms with van der Waals surface area (Å²) in [6, 6.07) is 19.5. The number of nitrogens with zero attached hydrogens (tertiary/aromatic N) is 2. The van der Waals surface area contributed by atoms with Crippen LogP contribution < -0.4 is 0 Å². The SMILES string of the molecule is CC(C)(C)OC(=O)N1CCN2C(=O)COC(c3ccccc3)(c3ccccc3)C2C1. The Morgan fingerprint density at radius 3 is 2.10 bits per heavy atom. The van der Waals surface area contributed by atoms with Crippen molar-refractivity contribution in [1.82, 2.24) is 9.80 Å². The average Bonchev–Trinajstić information content (AvgIpc) is 2.74. The molecule has 2 aromatic rings. The largest absolute Gasteiger partial charge is 0.444 e. The fraction of sp³-hybridized carbons (Fsp3) is 0.417. The quantitative estimate of drug-likeness (QED) is 0.764. The maximum absolute atomic E-state index is 12.8. The summed E-state index contributed by atoms with van der Waals surface area (Å²) in [5, 5.41) is 0. The lowest BCUT2D eigenvalue weighted by atomic mass is 9.77. The average molecular weight is 408 g/mol. The molecule has 0 aliphatic carbocycles. The molecule has 30 heavy (non-hydrogen) atoms. The maximum atomic E-state index is 12.8. The zero-order valence-corrected chi connectivity index (χ0v) is 17.7. The van der Waals surface area contributed by atoms with E-state index < -0.39 is 11.2 Å². The van der Waals surface area contributed by atoms with Gasteiger partial charge in [0, 0.05) is 19.6 Å². The monoisotopic (exact) mass is 408 g/mol. The zero-order chi connectivity index (χ0) is 21.4. The first-order valence-electron chi connectivity index (χ1n) is 10.3. The summed E-state index contributed by atoms with van der Waals surface area (Å²) in [6.45, 7) is 6.80. The van der Waals surface area contributed by atoms with Crippen molar-refractivity contribution in [1.29, 1.82) is 0 Å². The van der Waals surface area contributed by atoms with Crippen LogP contribution >= 0.6 is 0 Å². The van der Waals surface area contributed by atoms with Gasteiger partial charge in [0.2, 0.25) is 5.91 Å². The Hall–Kier alpha value is -2.86. The molecule has 4 rings (SSSR count). The van der Waals surface area contributed by atoms with E-state index in [1.807, 2.05) is 86.3 Å². The number of morpholine rings is 1. The second-order valence-electron chi connectivity index (χ2n) is 8.79. The van der Waals surface area contributed by atoms with Gasteiger partial charge in [0.05, 0.1) is 6.04 Å². The predicted octanol–water partition coefficient (Wildman–Crippen LogP) is 3.41. The first kappa shape index (κ1) is 20.4. The number of fused-ring (bicyclic) bond motifs is 1. The Balaban J connectivity index is 1.78. The van der Waals surface area contributed by atoms with E-state index in [0.717, 1.165) is 11.1 Å². The van der Waals surface area contributed by atoms with Crippen molar-refractivity contribution in [2.45, 2.75) is 38.0 Å². The standard InChI is InChI=1S/C24H28N2O4/c1-23(2,3)30-22(28)25-14-15-26-20(16-25)24(29-17-21(26)27,18-10-6-4-7-11-18)19-12-8-5-9-13-19/h4-13,20H,14-17H2,1-3H3. The molecular weight excluding hydrogens is 380 g/mol. The molecule has 1 atom stereocenters. The number of benzene rings is 2. The van der Waals surface area contributed by atoms with Crippen LogP contribution in [0.4, 0.5) is 4.79 Å².